The molecule has 0 aliphatic rings. The number of anilines is 1. The molecule has 8 heteroatoms. The van der Waals surface area contributed by atoms with Gasteiger partial charge in [0.05, 0.1) is 23.3 Å². The van der Waals surface area contributed by atoms with Gasteiger partial charge in [-0.1, -0.05) is 6.07 Å². The first kappa shape index (κ1) is 16.8. The van der Waals surface area contributed by atoms with Crippen LogP contribution in [0.3, 0.4) is 0 Å². The van der Waals surface area contributed by atoms with Crippen molar-refractivity contribution < 1.29 is 27.4 Å². The van der Waals surface area contributed by atoms with Gasteiger partial charge in [0.15, 0.2) is 0 Å². The zero-order valence-corrected chi connectivity index (χ0v) is 13.1. The van der Waals surface area contributed by atoms with E-state index in [2.05, 4.69) is 4.72 Å². The summed E-state index contributed by atoms with van der Waals surface area (Å²) in [7, 11) is -2.70. The zero-order chi connectivity index (χ0) is 17.2. The Morgan fingerprint density at radius 3 is 2.52 bits per heavy atom. The lowest BCUT2D eigenvalue weighted by Gasteiger charge is -2.13. The molecule has 122 valence electrons. The van der Waals surface area contributed by atoms with E-state index in [9.17, 15) is 17.6 Å². The molecule has 0 spiro atoms. The third kappa shape index (κ3) is 3.59. The fourth-order valence-electron chi connectivity index (χ4n) is 1.94. The van der Waals surface area contributed by atoms with Gasteiger partial charge in [0.1, 0.15) is 11.6 Å². The summed E-state index contributed by atoms with van der Waals surface area (Å²) in [4.78, 5) is 10.6. The van der Waals surface area contributed by atoms with Gasteiger partial charge < -0.3 is 9.84 Å². The summed E-state index contributed by atoms with van der Waals surface area (Å²) >= 11 is 0. The molecule has 0 bridgehead atoms. The molecule has 2 aromatic rings. The molecule has 0 fully saturated rings. The van der Waals surface area contributed by atoms with Gasteiger partial charge in [0.2, 0.25) is 0 Å². The molecule has 2 N–H and O–H groups in total. The molecular weight excluding hydrogens is 325 g/mol. The van der Waals surface area contributed by atoms with E-state index in [1.807, 2.05) is 0 Å². The second-order valence-corrected chi connectivity index (χ2v) is 6.44. The Labute approximate surface area is 132 Å². The molecule has 0 aromatic heterocycles. The van der Waals surface area contributed by atoms with Gasteiger partial charge in [0, 0.05) is 0 Å². The summed E-state index contributed by atoms with van der Waals surface area (Å²) in [5.41, 5.74) is 0.284. The summed E-state index contributed by atoms with van der Waals surface area (Å²) in [5.74, 6) is -2.25. The number of halogens is 1. The highest BCUT2D eigenvalue weighted by Gasteiger charge is 2.20. The van der Waals surface area contributed by atoms with Gasteiger partial charge >= 0.3 is 5.97 Å². The Balaban J connectivity index is 2.46. The molecule has 0 heterocycles. The molecule has 2 aromatic carbocycles. The number of carbonyl (C=O) groups is 1. The smallest absolute Gasteiger partial charge is 0.338 e. The van der Waals surface area contributed by atoms with Crippen molar-refractivity contribution in [2.24, 2.45) is 0 Å². The predicted molar refractivity (Wildman–Crippen MR) is 81.9 cm³/mol. The van der Waals surface area contributed by atoms with Crippen LogP contribution in [0.15, 0.2) is 41.3 Å². The van der Waals surface area contributed by atoms with Crippen molar-refractivity contribution in [3.63, 3.8) is 0 Å². The van der Waals surface area contributed by atoms with E-state index >= 15 is 0 Å². The van der Waals surface area contributed by atoms with Gasteiger partial charge in [-0.3, -0.25) is 4.72 Å². The van der Waals surface area contributed by atoms with E-state index < -0.39 is 27.4 Å². The summed E-state index contributed by atoms with van der Waals surface area (Å²) < 4.78 is 45.6. The lowest BCUT2D eigenvalue weighted by Crippen LogP contribution is -2.15. The number of benzene rings is 2. The first-order chi connectivity index (χ1) is 10.7. The van der Waals surface area contributed by atoms with Crippen molar-refractivity contribution in [2.45, 2.75) is 11.8 Å². The molecule has 23 heavy (non-hydrogen) atoms. The maximum Gasteiger partial charge on any atom is 0.338 e. The van der Waals surface area contributed by atoms with E-state index in [-0.39, 0.29) is 10.6 Å². The molecule has 0 atom stereocenters. The fourth-order valence-corrected chi connectivity index (χ4v) is 3.03. The van der Waals surface area contributed by atoms with Crippen molar-refractivity contribution in [2.75, 3.05) is 11.8 Å². The zero-order valence-electron chi connectivity index (χ0n) is 12.3. The lowest BCUT2D eigenvalue weighted by atomic mass is 10.2. The fraction of sp³-hybridized carbons (Fsp3) is 0.133. The maximum atomic E-state index is 13.4. The Hall–Kier alpha value is -2.61. The number of nitrogens with one attached hydrogen (secondary N) is 1. The number of rotatable bonds is 5. The van der Waals surface area contributed by atoms with Crippen molar-refractivity contribution >= 4 is 21.7 Å². The highest BCUT2D eigenvalue weighted by Crippen LogP contribution is 2.28. The third-order valence-electron chi connectivity index (χ3n) is 3.08. The summed E-state index contributed by atoms with van der Waals surface area (Å²) in [6.07, 6.45) is 0. The Morgan fingerprint density at radius 2 is 1.91 bits per heavy atom. The molecule has 0 radical (unpaired) electrons. The Kier molecular flexibility index (Phi) is 4.55. The minimum Gasteiger partial charge on any atom is -0.495 e. The van der Waals surface area contributed by atoms with Gasteiger partial charge in [-0.15, -0.1) is 0 Å². The number of hydrogen-bond donors (Lipinski definition) is 2. The summed E-state index contributed by atoms with van der Waals surface area (Å²) in [6, 6.07) is 7.47. The number of ether oxygens (including phenoxy) is 1. The Bertz CT molecular complexity index is 864. The van der Waals surface area contributed by atoms with Gasteiger partial charge in [-0.2, -0.15) is 0 Å². The molecular formula is C15H14FNO5S. The van der Waals surface area contributed by atoms with Crippen molar-refractivity contribution in [1.82, 2.24) is 0 Å². The normalized spacial score (nSPS) is 11.1. The van der Waals surface area contributed by atoms with Crippen LogP contribution in [0.1, 0.15) is 15.9 Å². The summed E-state index contributed by atoms with van der Waals surface area (Å²) in [6.45, 7) is 1.78. The van der Waals surface area contributed by atoms with Crippen LogP contribution in [0.25, 0.3) is 0 Å². The number of carboxylic acid groups (broad SMARTS) is 1. The number of aromatic carboxylic acids is 1. The highest BCUT2D eigenvalue weighted by atomic mass is 32.2. The molecule has 2 rings (SSSR count). The van der Waals surface area contributed by atoms with Crippen LogP contribution in [-0.2, 0) is 10.0 Å². The van der Waals surface area contributed by atoms with Gasteiger partial charge in [-0.05, 0) is 42.8 Å². The molecule has 0 saturated heterocycles. The lowest BCUT2D eigenvalue weighted by molar-refractivity contribution is 0.0691. The number of sulfonamides is 1. The van der Waals surface area contributed by atoms with E-state index in [1.54, 1.807) is 25.1 Å². The average Bonchev–Trinajstić information content (AvgIpc) is 2.47. The van der Waals surface area contributed by atoms with Crippen LogP contribution >= 0.6 is 0 Å². The van der Waals surface area contributed by atoms with Crippen molar-refractivity contribution in [1.29, 1.82) is 0 Å². The number of aryl methyl sites for hydroxylation is 1. The van der Waals surface area contributed by atoms with E-state index in [4.69, 9.17) is 9.84 Å². The van der Waals surface area contributed by atoms with Gasteiger partial charge in [-0.25, -0.2) is 17.6 Å². The van der Waals surface area contributed by atoms with Crippen LogP contribution in [0.4, 0.5) is 10.1 Å². The topological polar surface area (TPSA) is 92.7 Å². The highest BCUT2D eigenvalue weighted by molar-refractivity contribution is 7.92. The molecule has 0 aliphatic heterocycles. The van der Waals surface area contributed by atoms with Crippen molar-refractivity contribution in [3.8, 4) is 5.75 Å². The SMILES string of the molecule is COc1ccc(C)cc1NS(=O)(=O)c1ccc(F)c(C(=O)O)c1. The predicted octanol–water partition coefficient (Wildman–Crippen LogP) is 2.64. The molecule has 0 amide bonds. The average molecular weight is 339 g/mol. The largest absolute Gasteiger partial charge is 0.495 e. The number of hydrogen-bond acceptors (Lipinski definition) is 4. The van der Waals surface area contributed by atoms with Gasteiger partial charge in [0.25, 0.3) is 10.0 Å². The Morgan fingerprint density at radius 1 is 1.22 bits per heavy atom. The quantitative estimate of drug-likeness (QED) is 0.873. The number of carboxylic acids is 1. The van der Waals surface area contributed by atoms with Crippen molar-refractivity contribution in [3.05, 3.63) is 53.3 Å². The van der Waals surface area contributed by atoms with E-state index in [0.29, 0.717) is 5.75 Å². The molecule has 0 aliphatic carbocycles. The molecule has 0 saturated carbocycles. The molecule has 6 nitrogen and oxygen atoms in total. The van der Waals surface area contributed by atoms with Crippen LogP contribution in [0, 0.1) is 12.7 Å². The maximum absolute atomic E-state index is 13.4. The molecule has 0 unspecified atom stereocenters. The van der Waals surface area contributed by atoms with Crippen LogP contribution in [-0.4, -0.2) is 26.6 Å². The second-order valence-electron chi connectivity index (χ2n) is 4.76. The first-order valence-electron chi connectivity index (χ1n) is 6.45. The van der Waals surface area contributed by atoms with Crippen LogP contribution in [0.2, 0.25) is 0 Å². The first-order valence-corrected chi connectivity index (χ1v) is 7.93. The van der Waals surface area contributed by atoms with E-state index in [1.165, 1.54) is 7.11 Å². The second kappa shape index (κ2) is 6.25. The minimum atomic E-state index is -4.10. The number of methoxy groups -OCH3 is 1. The van der Waals surface area contributed by atoms with Crippen LogP contribution < -0.4 is 9.46 Å². The standard InChI is InChI=1S/C15H14FNO5S/c1-9-3-6-14(22-2)13(7-9)17-23(20,21)10-4-5-12(16)11(8-10)15(18)19/h3-8,17H,1-2H3,(H,18,19). The summed E-state index contributed by atoms with van der Waals surface area (Å²) in [5, 5.41) is 8.89. The third-order valence-corrected chi connectivity index (χ3v) is 4.44. The van der Waals surface area contributed by atoms with Crippen LogP contribution in [0.5, 0.6) is 5.75 Å². The van der Waals surface area contributed by atoms with E-state index in [0.717, 1.165) is 23.8 Å². The minimum absolute atomic E-state index is 0.203. The monoisotopic (exact) mass is 339 g/mol.